The van der Waals surface area contributed by atoms with E-state index in [-0.39, 0.29) is 0 Å². The molecule has 1 atom stereocenters. The number of nitrogens with zero attached hydrogens (tertiary/aromatic N) is 3. The lowest BCUT2D eigenvalue weighted by Crippen LogP contribution is -2.23. The zero-order chi connectivity index (χ0) is 9.80. The Labute approximate surface area is 87.2 Å². The maximum absolute atomic E-state index is 4.41. The highest BCUT2D eigenvalue weighted by molar-refractivity contribution is 8.14. The molecule has 1 unspecified atom stereocenters. The standard InChI is InChI=1S/C9H12N4S/c1-7-6-14-9(12-7)10-5-8-3-2-4-11-13-8/h2-4,7H,5-6H2,1H3,(H,10,12). The second kappa shape index (κ2) is 4.41. The number of aromatic nitrogens is 2. The molecule has 4 nitrogen and oxygen atoms in total. The number of amidine groups is 1. The first kappa shape index (κ1) is 9.45. The highest BCUT2D eigenvalue weighted by atomic mass is 32.2. The van der Waals surface area contributed by atoms with E-state index in [1.165, 1.54) is 0 Å². The highest BCUT2D eigenvalue weighted by Gasteiger charge is 2.14. The number of nitrogens with one attached hydrogen (secondary N) is 1. The van der Waals surface area contributed by atoms with Crippen molar-refractivity contribution >= 4 is 16.9 Å². The van der Waals surface area contributed by atoms with Crippen LogP contribution in [0, 0.1) is 0 Å². The summed E-state index contributed by atoms with van der Waals surface area (Å²) in [6, 6.07) is 4.33. The lowest BCUT2D eigenvalue weighted by molar-refractivity contribution is 0.763. The summed E-state index contributed by atoms with van der Waals surface area (Å²) in [6.07, 6.45) is 1.67. The molecule has 0 saturated carbocycles. The molecular formula is C9H12N4S. The Morgan fingerprint density at radius 2 is 2.64 bits per heavy atom. The lowest BCUT2D eigenvalue weighted by atomic mass is 10.4. The Bertz CT molecular complexity index is 325. The Morgan fingerprint density at radius 3 is 3.29 bits per heavy atom. The van der Waals surface area contributed by atoms with Gasteiger partial charge < -0.3 is 5.32 Å². The minimum absolute atomic E-state index is 0.528. The van der Waals surface area contributed by atoms with E-state index in [1.807, 2.05) is 12.1 Å². The summed E-state index contributed by atoms with van der Waals surface area (Å²) >= 11 is 1.76. The van der Waals surface area contributed by atoms with Gasteiger partial charge in [0.1, 0.15) is 0 Å². The van der Waals surface area contributed by atoms with Crippen molar-refractivity contribution in [1.82, 2.24) is 15.5 Å². The fourth-order valence-corrected chi connectivity index (χ4v) is 2.09. The van der Waals surface area contributed by atoms with Gasteiger partial charge in [-0.1, -0.05) is 11.8 Å². The van der Waals surface area contributed by atoms with E-state index in [4.69, 9.17) is 0 Å². The zero-order valence-electron chi connectivity index (χ0n) is 7.97. The molecule has 14 heavy (non-hydrogen) atoms. The normalized spacial score (nSPS) is 23.8. The Balaban J connectivity index is 1.94. The van der Waals surface area contributed by atoms with Crippen molar-refractivity contribution in [3.8, 4) is 0 Å². The van der Waals surface area contributed by atoms with Crippen LogP contribution in [0.2, 0.25) is 0 Å². The van der Waals surface area contributed by atoms with Crippen molar-refractivity contribution < 1.29 is 0 Å². The van der Waals surface area contributed by atoms with Crippen LogP contribution >= 0.6 is 11.8 Å². The maximum Gasteiger partial charge on any atom is 0.157 e. The van der Waals surface area contributed by atoms with Crippen molar-refractivity contribution in [3.05, 3.63) is 24.0 Å². The number of aliphatic imine (C=N–C) groups is 1. The number of hydrogen-bond acceptors (Lipinski definition) is 4. The van der Waals surface area contributed by atoms with Crippen LogP contribution in [0.5, 0.6) is 0 Å². The van der Waals surface area contributed by atoms with Crippen molar-refractivity contribution in [2.75, 3.05) is 5.75 Å². The molecule has 1 aromatic rings. The molecule has 0 radical (unpaired) electrons. The third-order valence-corrected chi connectivity index (χ3v) is 3.04. The molecule has 2 rings (SSSR count). The molecule has 5 heteroatoms. The fourth-order valence-electron chi connectivity index (χ4n) is 1.16. The molecule has 0 aliphatic carbocycles. The predicted molar refractivity (Wildman–Crippen MR) is 58.2 cm³/mol. The van der Waals surface area contributed by atoms with Crippen LogP contribution in [0.15, 0.2) is 23.3 Å². The second-order valence-corrected chi connectivity index (χ2v) is 4.20. The summed E-state index contributed by atoms with van der Waals surface area (Å²) < 4.78 is 0. The topological polar surface area (TPSA) is 50.2 Å². The second-order valence-electron chi connectivity index (χ2n) is 3.19. The van der Waals surface area contributed by atoms with Crippen LogP contribution in [0.4, 0.5) is 0 Å². The van der Waals surface area contributed by atoms with Crippen molar-refractivity contribution in [2.45, 2.75) is 19.5 Å². The molecule has 1 fully saturated rings. The first-order valence-corrected chi connectivity index (χ1v) is 5.53. The third-order valence-electron chi connectivity index (χ3n) is 1.85. The van der Waals surface area contributed by atoms with Gasteiger partial charge in [0.2, 0.25) is 0 Å². The largest absolute Gasteiger partial charge is 0.362 e. The molecule has 0 amide bonds. The lowest BCUT2D eigenvalue weighted by Gasteiger charge is -2.00. The molecular weight excluding hydrogens is 196 g/mol. The first-order chi connectivity index (χ1) is 6.84. The minimum Gasteiger partial charge on any atom is -0.362 e. The molecule has 74 valence electrons. The molecule has 1 aromatic heterocycles. The van der Waals surface area contributed by atoms with Gasteiger partial charge >= 0.3 is 0 Å². The highest BCUT2D eigenvalue weighted by Crippen LogP contribution is 2.13. The zero-order valence-corrected chi connectivity index (χ0v) is 8.79. The summed E-state index contributed by atoms with van der Waals surface area (Å²) in [5, 5.41) is 12.1. The van der Waals surface area contributed by atoms with Gasteiger partial charge in [0.15, 0.2) is 5.17 Å². The average molecular weight is 208 g/mol. The van der Waals surface area contributed by atoms with Gasteiger partial charge in [0.05, 0.1) is 12.2 Å². The molecule has 1 N–H and O–H groups in total. The molecule has 0 aromatic carbocycles. The third kappa shape index (κ3) is 2.45. The van der Waals surface area contributed by atoms with Gasteiger partial charge in [-0.15, -0.1) is 0 Å². The van der Waals surface area contributed by atoms with Crippen molar-refractivity contribution in [1.29, 1.82) is 0 Å². The van der Waals surface area contributed by atoms with E-state index in [0.717, 1.165) is 16.6 Å². The Kier molecular flexibility index (Phi) is 2.98. The summed E-state index contributed by atoms with van der Waals surface area (Å²) in [5.41, 5.74) is 0.905. The molecule has 0 spiro atoms. The SMILES string of the molecule is CC1CSC(=NCc2cccnn2)N1. The van der Waals surface area contributed by atoms with Gasteiger partial charge in [-0.3, -0.25) is 4.99 Å². The molecule has 1 aliphatic rings. The van der Waals surface area contributed by atoms with Crippen LogP contribution < -0.4 is 5.32 Å². The quantitative estimate of drug-likeness (QED) is 0.789. The van der Waals surface area contributed by atoms with E-state index in [0.29, 0.717) is 12.6 Å². The smallest absolute Gasteiger partial charge is 0.157 e. The van der Waals surface area contributed by atoms with Crippen LogP contribution in [-0.2, 0) is 6.54 Å². The van der Waals surface area contributed by atoms with E-state index >= 15 is 0 Å². The van der Waals surface area contributed by atoms with Gasteiger partial charge in [0, 0.05) is 18.0 Å². The minimum atomic E-state index is 0.528. The van der Waals surface area contributed by atoms with Crippen LogP contribution in [0.1, 0.15) is 12.6 Å². The van der Waals surface area contributed by atoms with Gasteiger partial charge in [-0.25, -0.2) is 0 Å². The Morgan fingerprint density at radius 1 is 1.71 bits per heavy atom. The van der Waals surface area contributed by atoms with Crippen molar-refractivity contribution in [2.24, 2.45) is 4.99 Å². The number of rotatable bonds is 2. The van der Waals surface area contributed by atoms with Crippen LogP contribution in [0.25, 0.3) is 0 Å². The van der Waals surface area contributed by atoms with E-state index in [2.05, 4.69) is 27.4 Å². The number of thioether (sulfide) groups is 1. The predicted octanol–water partition coefficient (Wildman–Crippen LogP) is 1.06. The fraction of sp³-hybridized carbons (Fsp3) is 0.444. The molecule has 1 aliphatic heterocycles. The van der Waals surface area contributed by atoms with Crippen LogP contribution in [0.3, 0.4) is 0 Å². The van der Waals surface area contributed by atoms with Gasteiger partial charge in [-0.05, 0) is 19.1 Å². The van der Waals surface area contributed by atoms with Gasteiger partial charge in [0.25, 0.3) is 0 Å². The van der Waals surface area contributed by atoms with E-state index < -0.39 is 0 Å². The molecule has 0 bridgehead atoms. The summed E-state index contributed by atoms with van der Waals surface area (Å²) in [7, 11) is 0. The van der Waals surface area contributed by atoms with E-state index in [1.54, 1.807) is 18.0 Å². The van der Waals surface area contributed by atoms with Crippen molar-refractivity contribution in [3.63, 3.8) is 0 Å². The maximum atomic E-state index is 4.41. The average Bonchev–Trinajstić information content (AvgIpc) is 2.63. The first-order valence-electron chi connectivity index (χ1n) is 4.55. The monoisotopic (exact) mass is 208 g/mol. The summed E-state index contributed by atoms with van der Waals surface area (Å²) in [6.45, 7) is 2.76. The number of hydrogen-bond donors (Lipinski definition) is 1. The Hall–Kier alpha value is -1.10. The van der Waals surface area contributed by atoms with E-state index in [9.17, 15) is 0 Å². The summed E-state index contributed by atoms with van der Waals surface area (Å²) in [5.74, 6) is 1.10. The molecule has 2 heterocycles. The van der Waals surface area contributed by atoms with Crippen LogP contribution in [-0.4, -0.2) is 27.2 Å². The molecule has 1 saturated heterocycles. The summed E-state index contributed by atoms with van der Waals surface area (Å²) in [4.78, 5) is 4.41. The van der Waals surface area contributed by atoms with Gasteiger partial charge in [-0.2, -0.15) is 10.2 Å².